The highest BCUT2D eigenvalue weighted by Crippen LogP contribution is 2.26. The van der Waals surface area contributed by atoms with Crippen LogP contribution in [0.1, 0.15) is 17.3 Å². The van der Waals surface area contributed by atoms with Gasteiger partial charge in [-0.2, -0.15) is 0 Å². The first-order chi connectivity index (χ1) is 13.0. The molecule has 0 aromatic heterocycles. The molecule has 4 rings (SSSR count). The lowest BCUT2D eigenvalue weighted by molar-refractivity contribution is -0.121. The number of amides is 2. The number of hydrogen-bond acceptors (Lipinski definition) is 2. The SMILES string of the molecule is C[C@@H]1CN(c2cccc(Cl)c2)C(=O)CN1C(=O)c1cccc2ccccc12. The van der Waals surface area contributed by atoms with Crippen molar-refractivity contribution in [3.05, 3.63) is 77.3 Å². The van der Waals surface area contributed by atoms with Crippen LogP contribution in [0.4, 0.5) is 5.69 Å². The molecule has 1 fully saturated rings. The maximum absolute atomic E-state index is 13.2. The second-order valence-electron chi connectivity index (χ2n) is 6.79. The van der Waals surface area contributed by atoms with Crippen LogP contribution >= 0.6 is 11.6 Å². The fourth-order valence-corrected chi connectivity index (χ4v) is 3.77. The molecule has 2 amide bonds. The summed E-state index contributed by atoms with van der Waals surface area (Å²) in [7, 11) is 0. The molecule has 5 heteroatoms. The standard InChI is InChI=1S/C22H19ClN2O2/c1-15-13-25(18-9-5-8-17(23)12-18)21(26)14-24(15)22(27)20-11-4-7-16-6-2-3-10-19(16)20/h2-12,15H,13-14H2,1H3/t15-/m1/s1. The van der Waals surface area contributed by atoms with Crippen LogP contribution in [-0.2, 0) is 4.79 Å². The molecule has 0 unspecified atom stereocenters. The molecule has 0 bridgehead atoms. The first-order valence-electron chi connectivity index (χ1n) is 8.89. The quantitative estimate of drug-likeness (QED) is 0.664. The molecule has 1 aliphatic heterocycles. The maximum atomic E-state index is 13.2. The topological polar surface area (TPSA) is 40.6 Å². The van der Waals surface area contributed by atoms with Crippen molar-refractivity contribution in [2.75, 3.05) is 18.0 Å². The van der Waals surface area contributed by atoms with Crippen molar-refractivity contribution in [1.29, 1.82) is 0 Å². The molecule has 136 valence electrons. The van der Waals surface area contributed by atoms with E-state index in [0.717, 1.165) is 16.5 Å². The zero-order valence-electron chi connectivity index (χ0n) is 14.9. The summed E-state index contributed by atoms with van der Waals surface area (Å²) in [6, 6.07) is 20.6. The number of carbonyl (C=O) groups excluding carboxylic acids is 2. The number of benzene rings is 3. The van der Waals surface area contributed by atoms with Gasteiger partial charge in [-0.15, -0.1) is 0 Å². The minimum absolute atomic E-state index is 0.0513. The molecule has 0 N–H and O–H groups in total. The molecule has 1 aliphatic rings. The second-order valence-corrected chi connectivity index (χ2v) is 7.23. The van der Waals surface area contributed by atoms with E-state index in [1.807, 2.05) is 61.5 Å². The third-order valence-corrected chi connectivity index (χ3v) is 5.22. The molecular weight excluding hydrogens is 360 g/mol. The summed E-state index contributed by atoms with van der Waals surface area (Å²) < 4.78 is 0. The third kappa shape index (κ3) is 3.28. The number of hydrogen-bond donors (Lipinski definition) is 0. The van der Waals surface area contributed by atoms with Crippen LogP contribution in [0.5, 0.6) is 0 Å². The molecule has 1 heterocycles. The van der Waals surface area contributed by atoms with E-state index in [2.05, 4.69) is 0 Å². The van der Waals surface area contributed by atoms with Gasteiger partial charge in [-0.1, -0.05) is 54.1 Å². The fourth-order valence-electron chi connectivity index (χ4n) is 3.58. The molecule has 3 aromatic rings. The molecule has 0 spiro atoms. The summed E-state index contributed by atoms with van der Waals surface area (Å²) in [6.45, 7) is 2.46. The Hall–Kier alpha value is -2.85. The molecule has 3 aromatic carbocycles. The van der Waals surface area contributed by atoms with Crippen LogP contribution in [0.2, 0.25) is 5.02 Å². The number of fused-ring (bicyclic) bond motifs is 1. The monoisotopic (exact) mass is 378 g/mol. The van der Waals surface area contributed by atoms with Crippen molar-refractivity contribution < 1.29 is 9.59 Å². The molecule has 0 saturated carbocycles. The highest BCUT2D eigenvalue weighted by Gasteiger charge is 2.34. The van der Waals surface area contributed by atoms with Gasteiger partial charge in [0.1, 0.15) is 6.54 Å². The van der Waals surface area contributed by atoms with E-state index in [9.17, 15) is 9.59 Å². The summed E-state index contributed by atoms with van der Waals surface area (Å²) >= 11 is 6.06. The van der Waals surface area contributed by atoms with Gasteiger partial charge in [-0.3, -0.25) is 9.59 Å². The Balaban J connectivity index is 1.62. The van der Waals surface area contributed by atoms with Gasteiger partial charge in [-0.25, -0.2) is 0 Å². The van der Waals surface area contributed by atoms with Crippen LogP contribution in [0, 0.1) is 0 Å². The van der Waals surface area contributed by atoms with Gasteiger partial charge in [-0.05, 0) is 42.0 Å². The Bertz CT molecular complexity index is 1030. The Morgan fingerprint density at radius 2 is 1.78 bits per heavy atom. The molecular formula is C22H19ClN2O2. The normalized spacial score (nSPS) is 17.4. The average molecular weight is 379 g/mol. The van der Waals surface area contributed by atoms with Gasteiger partial charge in [0.25, 0.3) is 5.91 Å². The van der Waals surface area contributed by atoms with Crippen molar-refractivity contribution >= 4 is 39.9 Å². The summed E-state index contributed by atoms with van der Waals surface area (Å²) in [5, 5.41) is 2.50. The summed E-state index contributed by atoms with van der Waals surface area (Å²) in [4.78, 5) is 29.3. The highest BCUT2D eigenvalue weighted by atomic mass is 35.5. The predicted molar refractivity (Wildman–Crippen MR) is 108 cm³/mol. The lowest BCUT2D eigenvalue weighted by Crippen LogP contribution is -2.57. The van der Waals surface area contributed by atoms with Crippen molar-refractivity contribution in [3.8, 4) is 0 Å². The third-order valence-electron chi connectivity index (χ3n) is 4.99. The van der Waals surface area contributed by atoms with Crippen molar-refractivity contribution in [2.24, 2.45) is 0 Å². The smallest absolute Gasteiger partial charge is 0.255 e. The van der Waals surface area contributed by atoms with Gasteiger partial charge in [0, 0.05) is 28.9 Å². The number of halogens is 1. The predicted octanol–water partition coefficient (Wildman–Crippen LogP) is 4.37. The molecule has 0 aliphatic carbocycles. The first kappa shape index (κ1) is 17.6. The first-order valence-corrected chi connectivity index (χ1v) is 9.27. The van der Waals surface area contributed by atoms with Crippen LogP contribution in [0.25, 0.3) is 10.8 Å². The van der Waals surface area contributed by atoms with Crippen LogP contribution in [0.3, 0.4) is 0 Å². The van der Waals surface area contributed by atoms with E-state index in [1.165, 1.54) is 0 Å². The van der Waals surface area contributed by atoms with Crippen LogP contribution < -0.4 is 4.90 Å². The summed E-state index contributed by atoms with van der Waals surface area (Å²) in [6.07, 6.45) is 0. The lowest BCUT2D eigenvalue weighted by Gasteiger charge is -2.39. The zero-order valence-corrected chi connectivity index (χ0v) is 15.7. The summed E-state index contributed by atoms with van der Waals surface area (Å²) in [5.74, 6) is -0.220. The van der Waals surface area contributed by atoms with E-state index < -0.39 is 0 Å². The van der Waals surface area contributed by atoms with Gasteiger partial charge < -0.3 is 9.80 Å². The Morgan fingerprint density at radius 1 is 1.04 bits per heavy atom. The molecule has 27 heavy (non-hydrogen) atoms. The minimum atomic E-state index is -0.113. The highest BCUT2D eigenvalue weighted by molar-refractivity contribution is 6.31. The van der Waals surface area contributed by atoms with E-state index in [-0.39, 0.29) is 24.4 Å². The van der Waals surface area contributed by atoms with Crippen molar-refractivity contribution in [2.45, 2.75) is 13.0 Å². The Kier molecular flexibility index (Phi) is 4.58. The van der Waals surface area contributed by atoms with E-state index >= 15 is 0 Å². The van der Waals surface area contributed by atoms with Crippen LogP contribution in [0.15, 0.2) is 66.7 Å². The Labute approximate surface area is 162 Å². The molecule has 1 saturated heterocycles. The second kappa shape index (κ2) is 7.05. The molecule has 1 atom stereocenters. The molecule has 4 nitrogen and oxygen atoms in total. The number of nitrogens with zero attached hydrogens (tertiary/aromatic N) is 2. The largest absolute Gasteiger partial charge is 0.325 e. The van der Waals surface area contributed by atoms with E-state index in [4.69, 9.17) is 11.6 Å². The maximum Gasteiger partial charge on any atom is 0.255 e. The zero-order chi connectivity index (χ0) is 19.0. The van der Waals surface area contributed by atoms with Gasteiger partial charge >= 0.3 is 0 Å². The number of piperazine rings is 1. The number of carbonyl (C=O) groups is 2. The fraction of sp³-hybridized carbons (Fsp3) is 0.182. The van der Waals surface area contributed by atoms with E-state index in [0.29, 0.717) is 17.1 Å². The number of rotatable bonds is 2. The lowest BCUT2D eigenvalue weighted by atomic mass is 10.0. The van der Waals surface area contributed by atoms with Gasteiger partial charge in [0.05, 0.1) is 0 Å². The average Bonchev–Trinajstić information content (AvgIpc) is 2.68. The van der Waals surface area contributed by atoms with Crippen molar-refractivity contribution in [3.63, 3.8) is 0 Å². The summed E-state index contributed by atoms with van der Waals surface area (Å²) in [5.41, 5.74) is 1.39. The number of anilines is 1. The van der Waals surface area contributed by atoms with Gasteiger partial charge in [0.15, 0.2) is 0 Å². The Morgan fingerprint density at radius 3 is 2.59 bits per heavy atom. The van der Waals surface area contributed by atoms with Crippen molar-refractivity contribution in [1.82, 2.24) is 4.90 Å². The molecule has 0 radical (unpaired) electrons. The van der Waals surface area contributed by atoms with Gasteiger partial charge in [0.2, 0.25) is 5.91 Å². The van der Waals surface area contributed by atoms with E-state index in [1.54, 1.807) is 21.9 Å². The minimum Gasteiger partial charge on any atom is -0.325 e. The van der Waals surface area contributed by atoms with Crippen LogP contribution in [-0.4, -0.2) is 35.8 Å².